The van der Waals surface area contributed by atoms with Crippen molar-refractivity contribution in [2.24, 2.45) is 0 Å². The number of hydrogen-bond donors (Lipinski definition) is 1. The van der Waals surface area contributed by atoms with Gasteiger partial charge >= 0.3 is 0 Å². The summed E-state index contributed by atoms with van der Waals surface area (Å²) < 4.78 is 0. The van der Waals surface area contributed by atoms with E-state index in [4.69, 9.17) is 0 Å². The maximum atomic E-state index is 12.2. The van der Waals surface area contributed by atoms with Crippen LogP contribution in [0.4, 0.5) is 5.69 Å². The maximum Gasteiger partial charge on any atom is 0.257 e. The van der Waals surface area contributed by atoms with Gasteiger partial charge in [-0.1, -0.05) is 0 Å². The van der Waals surface area contributed by atoms with Crippen molar-refractivity contribution >= 4 is 11.6 Å². The van der Waals surface area contributed by atoms with Crippen LogP contribution in [-0.2, 0) is 0 Å². The normalized spacial score (nSPS) is 10.5. The molecule has 0 saturated carbocycles. The lowest BCUT2D eigenvalue weighted by atomic mass is 10.1. The molecule has 1 rings (SSSR count). The number of anilines is 1. The molecule has 0 aromatic carbocycles. The molecule has 0 radical (unpaired) electrons. The number of nitrogens with one attached hydrogen (secondary N) is 1. The molecule has 0 saturated heterocycles. The van der Waals surface area contributed by atoms with Crippen LogP contribution in [0.5, 0.6) is 0 Å². The summed E-state index contributed by atoms with van der Waals surface area (Å²) in [6.07, 6.45) is 1.65. The molecule has 1 heterocycles. The second kappa shape index (κ2) is 5.66. The molecular weight excluding hydrogens is 214 g/mol. The number of pyridine rings is 1. The Labute approximate surface area is 103 Å². The monoisotopic (exact) mass is 235 g/mol. The van der Waals surface area contributed by atoms with Crippen LogP contribution in [0.3, 0.4) is 0 Å². The first-order valence-corrected chi connectivity index (χ1v) is 5.95. The van der Waals surface area contributed by atoms with Crippen molar-refractivity contribution in [2.45, 2.75) is 33.7 Å². The van der Waals surface area contributed by atoms with Crippen molar-refractivity contribution in [3.63, 3.8) is 0 Å². The number of carbonyl (C=O) groups is 1. The molecule has 1 amide bonds. The van der Waals surface area contributed by atoms with Crippen molar-refractivity contribution < 1.29 is 4.79 Å². The molecule has 0 spiro atoms. The Hall–Kier alpha value is -1.58. The lowest BCUT2D eigenvalue weighted by Gasteiger charge is -2.22. The number of hydrogen-bond acceptors (Lipinski definition) is 3. The summed E-state index contributed by atoms with van der Waals surface area (Å²) in [6.45, 7) is 8.70. The fourth-order valence-electron chi connectivity index (χ4n) is 1.49. The van der Waals surface area contributed by atoms with Crippen LogP contribution in [0.15, 0.2) is 12.3 Å². The second-order valence-corrected chi connectivity index (χ2v) is 4.41. The van der Waals surface area contributed by atoms with Crippen molar-refractivity contribution in [3.05, 3.63) is 23.5 Å². The van der Waals surface area contributed by atoms with E-state index in [9.17, 15) is 4.79 Å². The molecule has 0 unspecified atom stereocenters. The number of aromatic nitrogens is 1. The van der Waals surface area contributed by atoms with Gasteiger partial charge in [0.05, 0.1) is 11.3 Å². The topological polar surface area (TPSA) is 45.2 Å². The minimum atomic E-state index is 0.00319. The van der Waals surface area contributed by atoms with Crippen LogP contribution in [0.25, 0.3) is 0 Å². The summed E-state index contributed by atoms with van der Waals surface area (Å²) >= 11 is 0. The van der Waals surface area contributed by atoms with Gasteiger partial charge in [-0.25, -0.2) is 0 Å². The molecule has 4 nitrogen and oxygen atoms in total. The lowest BCUT2D eigenvalue weighted by molar-refractivity contribution is 0.0755. The quantitative estimate of drug-likeness (QED) is 0.871. The Morgan fingerprint density at radius 2 is 2.18 bits per heavy atom. The lowest BCUT2D eigenvalue weighted by Crippen LogP contribution is -2.33. The van der Waals surface area contributed by atoms with Gasteiger partial charge in [0, 0.05) is 31.5 Å². The molecule has 0 bridgehead atoms. The molecule has 94 valence electrons. The zero-order valence-electron chi connectivity index (χ0n) is 11.2. The SMILES string of the molecule is CCNc1cc(C)ncc1C(=O)N(C)C(C)C. The molecule has 0 atom stereocenters. The first-order valence-electron chi connectivity index (χ1n) is 5.95. The maximum absolute atomic E-state index is 12.2. The minimum absolute atomic E-state index is 0.00319. The van der Waals surface area contributed by atoms with Crippen LogP contribution < -0.4 is 5.32 Å². The number of amides is 1. The van der Waals surface area contributed by atoms with E-state index >= 15 is 0 Å². The highest BCUT2D eigenvalue weighted by molar-refractivity contribution is 5.99. The van der Waals surface area contributed by atoms with Gasteiger partial charge in [0.15, 0.2) is 0 Å². The van der Waals surface area contributed by atoms with E-state index in [-0.39, 0.29) is 11.9 Å². The third-order valence-corrected chi connectivity index (χ3v) is 2.73. The van der Waals surface area contributed by atoms with E-state index in [1.54, 1.807) is 11.1 Å². The summed E-state index contributed by atoms with van der Waals surface area (Å²) in [7, 11) is 1.81. The summed E-state index contributed by atoms with van der Waals surface area (Å²) in [5.41, 5.74) is 2.40. The van der Waals surface area contributed by atoms with Crippen molar-refractivity contribution in [3.8, 4) is 0 Å². The minimum Gasteiger partial charge on any atom is -0.385 e. The first-order chi connectivity index (χ1) is 7.97. The smallest absolute Gasteiger partial charge is 0.257 e. The zero-order valence-corrected chi connectivity index (χ0v) is 11.2. The standard InChI is InChI=1S/C13H21N3O/c1-6-14-12-7-10(4)15-8-11(12)13(17)16(5)9(2)3/h7-9H,6H2,1-5H3,(H,14,15). The second-order valence-electron chi connectivity index (χ2n) is 4.41. The molecular formula is C13H21N3O. The molecule has 0 aliphatic heterocycles. The first kappa shape index (κ1) is 13.5. The Balaban J connectivity index is 3.08. The van der Waals surface area contributed by atoms with Gasteiger partial charge in [-0.3, -0.25) is 9.78 Å². The van der Waals surface area contributed by atoms with E-state index in [0.717, 1.165) is 17.9 Å². The third kappa shape index (κ3) is 3.19. The molecule has 1 N–H and O–H groups in total. The van der Waals surface area contributed by atoms with Gasteiger partial charge in [-0.2, -0.15) is 0 Å². The van der Waals surface area contributed by atoms with Gasteiger partial charge in [0.2, 0.25) is 0 Å². The van der Waals surface area contributed by atoms with Gasteiger partial charge < -0.3 is 10.2 Å². The molecule has 17 heavy (non-hydrogen) atoms. The molecule has 1 aromatic rings. The molecule has 0 aliphatic rings. The number of aryl methyl sites for hydroxylation is 1. The van der Waals surface area contributed by atoms with Crippen LogP contribution in [0.2, 0.25) is 0 Å². The summed E-state index contributed by atoms with van der Waals surface area (Å²) in [5, 5.41) is 3.20. The Morgan fingerprint density at radius 1 is 1.53 bits per heavy atom. The molecule has 0 fully saturated rings. The fourth-order valence-corrected chi connectivity index (χ4v) is 1.49. The number of carbonyl (C=O) groups excluding carboxylic acids is 1. The van der Waals surface area contributed by atoms with E-state index in [0.29, 0.717) is 5.56 Å². The Morgan fingerprint density at radius 3 is 2.71 bits per heavy atom. The average molecular weight is 235 g/mol. The molecule has 0 aliphatic carbocycles. The van der Waals surface area contributed by atoms with E-state index in [2.05, 4.69) is 10.3 Å². The highest BCUT2D eigenvalue weighted by atomic mass is 16.2. The van der Waals surface area contributed by atoms with Crippen LogP contribution >= 0.6 is 0 Å². The fraction of sp³-hybridized carbons (Fsp3) is 0.538. The number of nitrogens with zero attached hydrogens (tertiary/aromatic N) is 2. The van der Waals surface area contributed by atoms with Crippen molar-refractivity contribution in [1.82, 2.24) is 9.88 Å². The summed E-state index contributed by atoms with van der Waals surface area (Å²) in [6, 6.07) is 2.09. The van der Waals surface area contributed by atoms with E-state index in [1.165, 1.54) is 0 Å². The van der Waals surface area contributed by atoms with Gasteiger partial charge in [0.25, 0.3) is 5.91 Å². The van der Waals surface area contributed by atoms with E-state index < -0.39 is 0 Å². The van der Waals surface area contributed by atoms with Gasteiger partial charge in [0.1, 0.15) is 0 Å². The van der Waals surface area contributed by atoms with Gasteiger partial charge in [-0.15, -0.1) is 0 Å². The van der Waals surface area contributed by atoms with E-state index in [1.807, 2.05) is 40.8 Å². The van der Waals surface area contributed by atoms with Crippen LogP contribution in [-0.4, -0.2) is 35.4 Å². The largest absolute Gasteiger partial charge is 0.385 e. The highest BCUT2D eigenvalue weighted by Crippen LogP contribution is 2.18. The van der Waals surface area contributed by atoms with Gasteiger partial charge in [-0.05, 0) is 33.8 Å². The molecule has 1 aromatic heterocycles. The number of rotatable bonds is 4. The Bertz CT molecular complexity index is 402. The third-order valence-electron chi connectivity index (χ3n) is 2.73. The van der Waals surface area contributed by atoms with Crippen LogP contribution in [0.1, 0.15) is 36.8 Å². The predicted molar refractivity (Wildman–Crippen MR) is 70.4 cm³/mol. The Kier molecular flexibility index (Phi) is 4.49. The van der Waals surface area contributed by atoms with Crippen molar-refractivity contribution in [2.75, 3.05) is 18.9 Å². The summed E-state index contributed by atoms with van der Waals surface area (Å²) in [4.78, 5) is 18.2. The highest BCUT2D eigenvalue weighted by Gasteiger charge is 2.18. The average Bonchev–Trinajstić information content (AvgIpc) is 2.27. The molecule has 4 heteroatoms. The zero-order chi connectivity index (χ0) is 13.0. The van der Waals surface area contributed by atoms with Crippen molar-refractivity contribution in [1.29, 1.82) is 0 Å². The summed E-state index contributed by atoms with van der Waals surface area (Å²) in [5.74, 6) is 0.00319. The van der Waals surface area contributed by atoms with Crippen LogP contribution in [0, 0.1) is 6.92 Å². The predicted octanol–water partition coefficient (Wildman–Crippen LogP) is 2.30.